The average molecular weight is 211 g/mol. The molecule has 1 rings (SSSR count). The van der Waals surface area contributed by atoms with Crippen molar-refractivity contribution in [2.24, 2.45) is 5.92 Å². The molecule has 0 aromatic heterocycles. The summed E-state index contributed by atoms with van der Waals surface area (Å²) in [4.78, 5) is 11.6. The van der Waals surface area contributed by atoms with Crippen LogP contribution in [0.5, 0.6) is 0 Å². The normalized spacial score (nSPS) is 27.0. The summed E-state index contributed by atoms with van der Waals surface area (Å²) in [6.45, 7) is 2.93. The monoisotopic (exact) mass is 211 g/mol. The first-order chi connectivity index (χ1) is 7.30. The van der Waals surface area contributed by atoms with Crippen LogP contribution < -0.4 is 5.32 Å². The van der Waals surface area contributed by atoms with E-state index in [0.717, 1.165) is 19.4 Å². The first kappa shape index (κ1) is 12.5. The Labute approximate surface area is 93.8 Å². The quantitative estimate of drug-likeness (QED) is 0.654. The van der Waals surface area contributed by atoms with Crippen molar-refractivity contribution in [3.05, 3.63) is 0 Å². The molecule has 0 radical (unpaired) electrons. The molecule has 2 nitrogen and oxygen atoms in total. The zero-order valence-electron chi connectivity index (χ0n) is 10.1. The molecule has 88 valence electrons. The predicted molar refractivity (Wildman–Crippen MR) is 63.7 cm³/mol. The Bertz CT molecular complexity index is 179. The van der Waals surface area contributed by atoms with E-state index < -0.39 is 0 Å². The lowest BCUT2D eigenvalue weighted by Gasteiger charge is -2.11. The summed E-state index contributed by atoms with van der Waals surface area (Å²) >= 11 is 0. The third-order valence-electron chi connectivity index (χ3n) is 3.31. The third-order valence-corrected chi connectivity index (χ3v) is 3.31. The van der Waals surface area contributed by atoms with Gasteiger partial charge in [0.1, 0.15) is 0 Å². The van der Waals surface area contributed by atoms with E-state index in [9.17, 15) is 4.79 Å². The van der Waals surface area contributed by atoms with E-state index >= 15 is 0 Å². The van der Waals surface area contributed by atoms with Crippen molar-refractivity contribution < 1.29 is 4.79 Å². The highest BCUT2D eigenvalue weighted by atomic mass is 16.1. The van der Waals surface area contributed by atoms with Crippen molar-refractivity contribution in [1.82, 2.24) is 5.32 Å². The molecule has 1 aliphatic heterocycles. The summed E-state index contributed by atoms with van der Waals surface area (Å²) in [5.74, 6) is 0.472. The minimum absolute atomic E-state index is 0.214. The smallest absolute Gasteiger partial charge is 0.222 e. The second kappa shape index (κ2) is 7.72. The van der Waals surface area contributed by atoms with Gasteiger partial charge in [-0.05, 0) is 12.8 Å². The Morgan fingerprint density at radius 3 is 2.13 bits per heavy atom. The Morgan fingerprint density at radius 2 is 1.47 bits per heavy atom. The zero-order valence-corrected chi connectivity index (χ0v) is 10.1. The van der Waals surface area contributed by atoms with E-state index in [0.29, 0.717) is 0 Å². The van der Waals surface area contributed by atoms with Gasteiger partial charge in [-0.3, -0.25) is 4.79 Å². The first-order valence-electron chi connectivity index (χ1n) is 6.58. The van der Waals surface area contributed by atoms with E-state index in [4.69, 9.17) is 0 Å². The Balaban J connectivity index is 2.27. The molecule has 2 heteroatoms. The number of hydrogen-bond acceptors (Lipinski definition) is 1. The van der Waals surface area contributed by atoms with E-state index in [1.165, 1.54) is 44.9 Å². The van der Waals surface area contributed by atoms with Gasteiger partial charge in [-0.25, -0.2) is 0 Å². The molecule has 1 amide bonds. The fourth-order valence-electron chi connectivity index (χ4n) is 2.15. The molecule has 1 saturated heterocycles. The van der Waals surface area contributed by atoms with Crippen molar-refractivity contribution in [2.45, 2.75) is 64.7 Å². The molecule has 1 heterocycles. The average Bonchev–Trinajstić information content (AvgIpc) is 2.25. The molecule has 0 spiro atoms. The number of rotatable bonds is 0. The first-order valence-corrected chi connectivity index (χ1v) is 6.58. The van der Waals surface area contributed by atoms with Crippen molar-refractivity contribution >= 4 is 5.91 Å². The van der Waals surface area contributed by atoms with Crippen molar-refractivity contribution in [2.75, 3.05) is 6.54 Å². The molecule has 0 aromatic rings. The van der Waals surface area contributed by atoms with Crippen LogP contribution in [0.4, 0.5) is 0 Å². The van der Waals surface area contributed by atoms with Gasteiger partial charge < -0.3 is 5.32 Å². The third kappa shape index (κ3) is 5.81. The summed E-state index contributed by atoms with van der Waals surface area (Å²) in [6.07, 6.45) is 11.5. The lowest BCUT2D eigenvalue weighted by Crippen LogP contribution is -2.29. The molecule has 15 heavy (non-hydrogen) atoms. The maximum absolute atomic E-state index is 11.6. The molecular weight excluding hydrogens is 186 g/mol. The molecule has 0 aromatic carbocycles. The van der Waals surface area contributed by atoms with Gasteiger partial charge in [-0.15, -0.1) is 0 Å². The molecule has 1 N–H and O–H groups in total. The van der Waals surface area contributed by atoms with Crippen molar-refractivity contribution in [3.8, 4) is 0 Å². The Morgan fingerprint density at radius 1 is 0.933 bits per heavy atom. The Kier molecular flexibility index (Phi) is 6.45. The van der Waals surface area contributed by atoms with Crippen LogP contribution in [-0.4, -0.2) is 12.5 Å². The van der Waals surface area contributed by atoms with Crippen LogP contribution in [0.15, 0.2) is 0 Å². The fourth-order valence-corrected chi connectivity index (χ4v) is 2.15. The number of nitrogens with one attached hydrogen (secondary N) is 1. The van der Waals surface area contributed by atoms with Gasteiger partial charge >= 0.3 is 0 Å². The van der Waals surface area contributed by atoms with Gasteiger partial charge in [-0.1, -0.05) is 51.9 Å². The van der Waals surface area contributed by atoms with Crippen LogP contribution in [0.25, 0.3) is 0 Å². The summed E-state index contributed by atoms with van der Waals surface area (Å²) < 4.78 is 0. The van der Waals surface area contributed by atoms with Gasteiger partial charge in [0.05, 0.1) is 0 Å². The fraction of sp³-hybridized carbons (Fsp3) is 0.923. The molecule has 1 unspecified atom stereocenters. The molecule has 1 atom stereocenters. The molecule has 1 fully saturated rings. The van der Waals surface area contributed by atoms with E-state index in [1.54, 1.807) is 0 Å². The number of carbonyl (C=O) groups is 1. The van der Waals surface area contributed by atoms with Crippen LogP contribution in [-0.2, 0) is 4.79 Å². The summed E-state index contributed by atoms with van der Waals surface area (Å²) in [6, 6.07) is 0. The van der Waals surface area contributed by atoms with Crippen LogP contribution >= 0.6 is 0 Å². The van der Waals surface area contributed by atoms with E-state index in [2.05, 4.69) is 12.2 Å². The van der Waals surface area contributed by atoms with Gasteiger partial charge in [0.25, 0.3) is 0 Å². The maximum atomic E-state index is 11.6. The molecule has 0 saturated carbocycles. The van der Waals surface area contributed by atoms with Crippen LogP contribution in [0.3, 0.4) is 0 Å². The second-order valence-electron chi connectivity index (χ2n) is 4.81. The molecule has 0 bridgehead atoms. The van der Waals surface area contributed by atoms with Gasteiger partial charge in [-0.2, -0.15) is 0 Å². The topological polar surface area (TPSA) is 29.1 Å². The van der Waals surface area contributed by atoms with Crippen LogP contribution in [0, 0.1) is 5.92 Å². The van der Waals surface area contributed by atoms with Crippen LogP contribution in [0.1, 0.15) is 64.7 Å². The SMILES string of the molecule is CC1CCCCCCCCCCNC1=O. The van der Waals surface area contributed by atoms with Crippen LogP contribution in [0.2, 0.25) is 0 Å². The summed E-state index contributed by atoms with van der Waals surface area (Å²) in [7, 11) is 0. The number of amides is 1. The van der Waals surface area contributed by atoms with Crippen molar-refractivity contribution in [3.63, 3.8) is 0 Å². The summed E-state index contributed by atoms with van der Waals surface area (Å²) in [5.41, 5.74) is 0. The van der Waals surface area contributed by atoms with Gasteiger partial charge in [0, 0.05) is 12.5 Å². The van der Waals surface area contributed by atoms with E-state index in [-0.39, 0.29) is 11.8 Å². The predicted octanol–water partition coefficient (Wildman–Crippen LogP) is 3.26. The molecule has 0 aliphatic carbocycles. The highest BCUT2D eigenvalue weighted by Crippen LogP contribution is 2.14. The Hall–Kier alpha value is -0.530. The number of carbonyl (C=O) groups excluding carboxylic acids is 1. The van der Waals surface area contributed by atoms with E-state index in [1.807, 2.05) is 0 Å². The minimum Gasteiger partial charge on any atom is -0.356 e. The lowest BCUT2D eigenvalue weighted by atomic mass is 10.0. The number of hydrogen-bond donors (Lipinski definition) is 1. The molecular formula is C13H25NO. The summed E-state index contributed by atoms with van der Waals surface area (Å²) in [5, 5.41) is 3.03. The largest absolute Gasteiger partial charge is 0.356 e. The maximum Gasteiger partial charge on any atom is 0.222 e. The zero-order chi connectivity index (χ0) is 10.9. The standard InChI is InChI=1S/C13H25NO/c1-12-10-8-6-4-2-3-5-7-9-11-14-13(12)15/h12H,2-11H2,1H3,(H,14,15). The van der Waals surface area contributed by atoms with Gasteiger partial charge in [0.2, 0.25) is 5.91 Å². The minimum atomic E-state index is 0.214. The lowest BCUT2D eigenvalue weighted by molar-refractivity contribution is -0.124. The highest BCUT2D eigenvalue weighted by Gasteiger charge is 2.11. The second-order valence-corrected chi connectivity index (χ2v) is 4.81. The highest BCUT2D eigenvalue weighted by molar-refractivity contribution is 5.78. The van der Waals surface area contributed by atoms with Gasteiger partial charge in [0.15, 0.2) is 0 Å². The van der Waals surface area contributed by atoms with Crippen molar-refractivity contribution in [1.29, 1.82) is 0 Å². The molecule has 1 aliphatic rings.